The summed E-state index contributed by atoms with van der Waals surface area (Å²) in [6.45, 7) is 0. The van der Waals surface area contributed by atoms with Gasteiger partial charge in [0.15, 0.2) is 0 Å². The number of halogens is 1. The summed E-state index contributed by atoms with van der Waals surface area (Å²) in [6.07, 6.45) is 5.92. The number of hydrogen-bond acceptors (Lipinski definition) is 1. The smallest absolute Gasteiger partial charge is 0.248 e. The van der Waals surface area contributed by atoms with Crippen molar-refractivity contribution in [1.82, 2.24) is 4.57 Å². The molecular formula is C11H10IN3. The van der Waals surface area contributed by atoms with Crippen LogP contribution in [0.1, 0.15) is 5.56 Å². The molecule has 0 radical (unpaired) electrons. The second kappa shape index (κ2) is 4.94. The van der Waals surface area contributed by atoms with Gasteiger partial charge < -0.3 is 24.0 Å². The van der Waals surface area contributed by atoms with Crippen molar-refractivity contribution in [3.05, 3.63) is 48.5 Å². The fraction of sp³-hybridized carbons (Fsp3) is 0.0909. The van der Waals surface area contributed by atoms with E-state index in [4.69, 9.17) is 5.26 Å². The summed E-state index contributed by atoms with van der Waals surface area (Å²) in [7, 11) is 1.97. The predicted molar refractivity (Wildman–Crippen MR) is 51.7 cm³/mol. The number of benzene rings is 1. The van der Waals surface area contributed by atoms with Crippen LogP contribution in [0.2, 0.25) is 0 Å². The van der Waals surface area contributed by atoms with Crippen LogP contribution in [0.15, 0.2) is 43.0 Å². The Morgan fingerprint density at radius 3 is 2.40 bits per heavy atom. The number of aryl methyl sites for hydroxylation is 1. The van der Waals surface area contributed by atoms with Crippen molar-refractivity contribution in [3.8, 4) is 11.8 Å². The molecule has 0 saturated heterocycles. The Bertz CT molecular complexity index is 479. The van der Waals surface area contributed by atoms with E-state index in [0.717, 1.165) is 5.69 Å². The third kappa shape index (κ3) is 2.57. The normalized spacial score (nSPS) is 9.07. The van der Waals surface area contributed by atoms with Crippen molar-refractivity contribution in [2.24, 2.45) is 7.05 Å². The Morgan fingerprint density at radius 1 is 1.27 bits per heavy atom. The molecular weight excluding hydrogens is 301 g/mol. The van der Waals surface area contributed by atoms with Gasteiger partial charge in [-0.3, -0.25) is 0 Å². The van der Waals surface area contributed by atoms with Crippen LogP contribution in [-0.2, 0) is 7.05 Å². The zero-order valence-corrected chi connectivity index (χ0v) is 10.4. The molecule has 0 aliphatic rings. The van der Waals surface area contributed by atoms with Crippen molar-refractivity contribution >= 4 is 0 Å². The van der Waals surface area contributed by atoms with Gasteiger partial charge in [-0.2, -0.15) is 5.26 Å². The fourth-order valence-electron chi connectivity index (χ4n) is 1.31. The van der Waals surface area contributed by atoms with E-state index in [9.17, 15) is 0 Å². The van der Waals surface area contributed by atoms with Crippen molar-refractivity contribution in [3.63, 3.8) is 0 Å². The number of nitriles is 1. The van der Waals surface area contributed by atoms with Gasteiger partial charge >= 0.3 is 0 Å². The Balaban J connectivity index is 0.00000112. The van der Waals surface area contributed by atoms with Crippen LogP contribution in [-0.4, -0.2) is 4.57 Å². The van der Waals surface area contributed by atoms with Gasteiger partial charge in [-0.1, -0.05) is 0 Å². The molecule has 0 spiro atoms. The minimum atomic E-state index is 0. The van der Waals surface area contributed by atoms with Crippen molar-refractivity contribution in [2.75, 3.05) is 0 Å². The monoisotopic (exact) mass is 311 g/mol. The summed E-state index contributed by atoms with van der Waals surface area (Å²) in [4.78, 5) is 0. The summed E-state index contributed by atoms with van der Waals surface area (Å²) in [5, 5.41) is 8.64. The number of aromatic nitrogens is 2. The summed E-state index contributed by atoms with van der Waals surface area (Å²) in [6, 6.07) is 9.58. The number of imidazole rings is 1. The molecule has 0 aliphatic heterocycles. The fourth-order valence-corrected chi connectivity index (χ4v) is 1.31. The zero-order chi connectivity index (χ0) is 9.97. The van der Waals surface area contributed by atoms with Gasteiger partial charge in [0.25, 0.3) is 0 Å². The maximum absolute atomic E-state index is 8.64. The minimum Gasteiger partial charge on any atom is -1.00 e. The molecule has 3 nitrogen and oxygen atoms in total. The summed E-state index contributed by atoms with van der Waals surface area (Å²) >= 11 is 0. The van der Waals surface area contributed by atoms with E-state index in [0.29, 0.717) is 5.56 Å². The van der Waals surface area contributed by atoms with Crippen molar-refractivity contribution in [2.45, 2.75) is 0 Å². The first-order valence-electron chi connectivity index (χ1n) is 4.33. The van der Waals surface area contributed by atoms with Crippen LogP contribution < -0.4 is 28.5 Å². The van der Waals surface area contributed by atoms with Gasteiger partial charge in [-0.25, -0.2) is 9.13 Å². The van der Waals surface area contributed by atoms with E-state index in [1.165, 1.54) is 0 Å². The molecule has 15 heavy (non-hydrogen) atoms. The molecule has 1 aromatic carbocycles. The van der Waals surface area contributed by atoms with Crippen LogP contribution in [0.5, 0.6) is 0 Å². The molecule has 0 atom stereocenters. The van der Waals surface area contributed by atoms with Gasteiger partial charge in [0, 0.05) is 0 Å². The molecule has 0 fully saturated rings. The standard InChI is InChI=1S/C11H10N3.HI/c1-13-6-7-14(9-13)11-4-2-10(8-12)3-5-11;/h2-7,9H,1H3;1H/q+1;/p-1. The molecule has 4 heteroatoms. The Labute approximate surface area is 106 Å². The number of nitrogens with zero attached hydrogens (tertiary/aromatic N) is 3. The summed E-state index contributed by atoms with van der Waals surface area (Å²) < 4.78 is 3.97. The third-order valence-corrected chi connectivity index (χ3v) is 2.06. The number of hydrogen-bond donors (Lipinski definition) is 0. The van der Waals surface area contributed by atoms with E-state index < -0.39 is 0 Å². The van der Waals surface area contributed by atoms with Crippen LogP contribution in [0.3, 0.4) is 0 Å². The van der Waals surface area contributed by atoms with E-state index in [1.807, 2.05) is 59.2 Å². The lowest BCUT2D eigenvalue weighted by Gasteiger charge is -1.94. The molecule has 0 saturated carbocycles. The van der Waals surface area contributed by atoms with Gasteiger partial charge in [0.05, 0.1) is 18.7 Å². The van der Waals surface area contributed by atoms with E-state index in [1.54, 1.807) is 0 Å². The molecule has 0 N–H and O–H groups in total. The predicted octanol–water partition coefficient (Wildman–Crippen LogP) is -1.82. The van der Waals surface area contributed by atoms with Crippen LogP contribution in [0.25, 0.3) is 5.69 Å². The van der Waals surface area contributed by atoms with Crippen molar-refractivity contribution < 1.29 is 28.5 Å². The zero-order valence-electron chi connectivity index (χ0n) is 8.26. The van der Waals surface area contributed by atoms with Gasteiger partial charge in [-0.05, 0) is 24.3 Å². The molecule has 0 amide bonds. The second-order valence-electron chi connectivity index (χ2n) is 3.15. The van der Waals surface area contributed by atoms with Gasteiger partial charge in [0.2, 0.25) is 6.33 Å². The van der Waals surface area contributed by atoms with Gasteiger partial charge in [-0.15, -0.1) is 0 Å². The average molecular weight is 311 g/mol. The molecule has 0 unspecified atom stereocenters. The summed E-state index contributed by atoms with van der Waals surface area (Å²) in [5.41, 5.74) is 1.75. The molecule has 0 bridgehead atoms. The van der Waals surface area contributed by atoms with E-state index in [2.05, 4.69) is 6.07 Å². The maximum Gasteiger partial charge on any atom is 0.248 e. The average Bonchev–Trinajstić information content (AvgIpc) is 2.65. The highest BCUT2D eigenvalue weighted by Gasteiger charge is 2.02. The molecule has 0 aliphatic carbocycles. The highest BCUT2D eigenvalue weighted by molar-refractivity contribution is 5.38. The van der Waals surface area contributed by atoms with Crippen molar-refractivity contribution in [1.29, 1.82) is 5.26 Å². The Kier molecular flexibility index (Phi) is 3.86. The highest BCUT2D eigenvalue weighted by Crippen LogP contribution is 2.07. The van der Waals surface area contributed by atoms with Gasteiger partial charge in [0.1, 0.15) is 18.1 Å². The van der Waals surface area contributed by atoms with Crippen LogP contribution >= 0.6 is 0 Å². The minimum absolute atomic E-state index is 0. The molecule has 76 valence electrons. The second-order valence-corrected chi connectivity index (χ2v) is 3.15. The lowest BCUT2D eigenvalue weighted by atomic mass is 10.2. The first-order valence-corrected chi connectivity index (χ1v) is 4.33. The number of rotatable bonds is 1. The lowest BCUT2D eigenvalue weighted by molar-refractivity contribution is -0.670. The van der Waals surface area contributed by atoms with E-state index >= 15 is 0 Å². The van der Waals surface area contributed by atoms with E-state index in [-0.39, 0.29) is 24.0 Å². The Morgan fingerprint density at radius 2 is 1.93 bits per heavy atom. The first-order chi connectivity index (χ1) is 6.79. The molecule has 1 aromatic heterocycles. The lowest BCUT2D eigenvalue weighted by Crippen LogP contribution is -3.00. The Hall–Kier alpha value is -1.35. The largest absolute Gasteiger partial charge is 1.00 e. The SMILES string of the molecule is C[n+]1ccn(-c2ccc(C#N)cc2)c1.[I-]. The third-order valence-electron chi connectivity index (χ3n) is 2.06. The topological polar surface area (TPSA) is 32.6 Å². The first kappa shape index (κ1) is 11.7. The molecule has 2 rings (SSSR count). The van der Waals surface area contributed by atoms with Crippen LogP contribution in [0, 0.1) is 11.3 Å². The summed E-state index contributed by atoms with van der Waals surface area (Å²) in [5.74, 6) is 0. The molecule has 1 heterocycles. The highest BCUT2D eigenvalue weighted by atomic mass is 127. The van der Waals surface area contributed by atoms with Crippen LogP contribution in [0.4, 0.5) is 0 Å². The quantitative estimate of drug-likeness (QED) is 0.451. The maximum atomic E-state index is 8.64. The molecule has 2 aromatic rings.